The molecular weight excluding hydrogens is 246 g/mol. The van der Waals surface area contributed by atoms with Crippen LogP contribution in [0.4, 0.5) is 0 Å². The minimum Gasteiger partial charge on any atom is -0.313 e. The molecule has 2 fully saturated rings. The van der Waals surface area contributed by atoms with Crippen LogP contribution >= 0.6 is 0 Å². The van der Waals surface area contributed by atoms with Crippen molar-refractivity contribution in [2.45, 2.75) is 64.6 Å². The summed E-state index contributed by atoms with van der Waals surface area (Å²) < 4.78 is 0. The van der Waals surface area contributed by atoms with E-state index < -0.39 is 0 Å². The van der Waals surface area contributed by atoms with Gasteiger partial charge in [0.1, 0.15) is 0 Å². The predicted molar refractivity (Wildman–Crippen MR) is 87.1 cm³/mol. The zero-order valence-corrected chi connectivity index (χ0v) is 14.2. The number of hydrogen-bond acceptors (Lipinski definition) is 3. The molecule has 20 heavy (non-hydrogen) atoms. The molecule has 4 unspecified atom stereocenters. The Kier molecular flexibility index (Phi) is 5.88. The molecule has 118 valence electrons. The Morgan fingerprint density at radius 3 is 2.40 bits per heavy atom. The lowest BCUT2D eigenvalue weighted by molar-refractivity contribution is 0.0294. The topological polar surface area (TPSA) is 18.5 Å². The first-order valence-corrected chi connectivity index (χ1v) is 8.66. The third-order valence-corrected chi connectivity index (χ3v) is 5.63. The summed E-state index contributed by atoms with van der Waals surface area (Å²) in [4.78, 5) is 5.20. The number of likely N-dealkylation sites (tertiary alicyclic amines) is 1. The van der Waals surface area contributed by atoms with E-state index in [2.05, 4.69) is 50.0 Å². The zero-order valence-electron chi connectivity index (χ0n) is 14.2. The average molecular weight is 281 g/mol. The predicted octanol–water partition coefficient (Wildman–Crippen LogP) is 2.43. The zero-order chi connectivity index (χ0) is 14.7. The van der Waals surface area contributed by atoms with Crippen LogP contribution in [0.25, 0.3) is 0 Å². The van der Waals surface area contributed by atoms with Crippen molar-refractivity contribution in [3.8, 4) is 0 Å². The Morgan fingerprint density at radius 2 is 1.80 bits per heavy atom. The molecule has 1 saturated carbocycles. The summed E-state index contributed by atoms with van der Waals surface area (Å²) in [6.45, 7) is 10.8. The fraction of sp³-hybridized carbons (Fsp3) is 1.00. The van der Waals surface area contributed by atoms with E-state index in [0.717, 1.165) is 30.5 Å². The SMILES string of the molecule is CCNC1CC(C)CC(C)C1N(C)C1CCN(C)CC1. The maximum absolute atomic E-state index is 3.77. The van der Waals surface area contributed by atoms with E-state index in [1.54, 1.807) is 0 Å². The van der Waals surface area contributed by atoms with Gasteiger partial charge in [0.25, 0.3) is 0 Å². The van der Waals surface area contributed by atoms with E-state index in [1.807, 2.05) is 0 Å². The number of nitrogens with zero attached hydrogens (tertiary/aromatic N) is 2. The largest absolute Gasteiger partial charge is 0.313 e. The monoisotopic (exact) mass is 281 g/mol. The molecule has 1 saturated heterocycles. The molecule has 4 atom stereocenters. The fourth-order valence-electron chi connectivity index (χ4n) is 4.64. The number of piperidine rings is 1. The highest BCUT2D eigenvalue weighted by atomic mass is 15.2. The van der Waals surface area contributed by atoms with Gasteiger partial charge in [-0.1, -0.05) is 20.8 Å². The van der Waals surface area contributed by atoms with Gasteiger partial charge in [-0.15, -0.1) is 0 Å². The van der Waals surface area contributed by atoms with Crippen molar-refractivity contribution < 1.29 is 0 Å². The van der Waals surface area contributed by atoms with Crippen molar-refractivity contribution in [3.05, 3.63) is 0 Å². The highest BCUT2D eigenvalue weighted by molar-refractivity contribution is 4.95. The number of likely N-dealkylation sites (N-methyl/N-ethyl adjacent to an activating group) is 2. The van der Waals surface area contributed by atoms with Gasteiger partial charge in [-0.25, -0.2) is 0 Å². The highest BCUT2D eigenvalue weighted by Gasteiger charge is 2.38. The molecule has 3 heteroatoms. The Balaban J connectivity index is 2.02. The minimum absolute atomic E-state index is 0.684. The fourth-order valence-corrected chi connectivity index (χ4v) is 4.64. The van der Waals surface area contributed by atoms with Gasteiger partial charge < -0.3 is 10.2 Å². The molecule has 1 N–H and O–H groups in total. The molecule has 0 bridgehead atoms. The molecule has 0 aromatic heterocycles. The van der Waals surface area contributed by atoms with Crippen molar-refractivity contribution in [2.24, 2.45) is 11.8 Å². The quantitative estimate of drug-likeness (QED) is 0.854. The summed E-state index contributed by atoms with van der Waals surface area (Å²) in [5.74, 6) is 1.68. The van der Waals surface area contributed by atoms with Crippen LogP contribution in [0.1, 0.15) is 46.5 Å². The second kappa shape index (κ2) is 7.24. The van der Waals surface area contributed by atoms with Gasteiger partial charge in [0.15, 0.2) is 0 Å². The summed E-state index contributed by atoms with van der Waals surface area (Å²) >= 11 is 0. The van der Waals surface area contributed by atoms with Crippen molar-refractivity contribution in [3.63, 3.8) is 0 Å². The summed E-state index contributed by atoms with van der Waals surface area (Å²) in [7, 11) is 4.64. The second-order valence-electron chi connectivity index (χ2n) is 7.41. The van der Waals surface area contributed by atoms with Gasteiger partial charge in [0, 0.05) is 18.1 Å². The summed E-state index contributed by atoms with van der Waals surface area (Å²) in [6, 6.07) is 2.19. The second-order valence-corrected chi connectivity index (χ2v) is 7.41. The van der Waals surface area contributed by atoms with Crippen LogP contribution in [0.2, 0.25) is 0 Å². The van der Waals surface area contributed by atoms with Gasteiger partial charge in [0.05, 0.1) is 0 Å². The average Bonchev–Trinajstić information content (AvgIpc) is 2.38. The third-order valence-electron chi connectivity index (χ3n) is 5.63. The molecule has 0 aromatic carbocycles. The maximum Gasteiger partial charge on any atom is 0.0275 e. The molecular formula is C17H35N3. The standard InChI is InChI=1S/C17H35N3/c1-6-18-16-12-13(2)11-14(3)17(16)20(5)15-7-9-19(4)10-8-15/h13-18H,6-12H2,1-5H3. The highest BCUT2D eigenvalue weighted by Crippen LogP contribution is 2.34. The minimum atomic E-state index is 0.684. The first-order valence-electron chi connectivity index (χ1n) is 8.66. The Bertz CT molecular complexity index is 286. The number of rotatable bonds is 4. The lowest BCUT2D eigenvalue weighted by Gasteiger charge is -2.48. The lowest BCUT2D eigenvalue weighted by Crippen LogP contribution is -2.59. The van der Waals surface area contributed by atoms with Gasteiger partial charge in [-0.3, -0.25) is 4.90 Å². The Hall–Kier alpha value is -0.120. The summed E-state index contributed by atoms with van der Waals surface area (Å²) in [6.07, 6.45) is 5.42. The van der Waals surface area contributed by atoms with Crippen LogP contribution in [0.15, 0.2) is 0 Å². The van der Waals surface area contributed by atoms with E-state index >= 15 is 0 Å². The third kappa shape index (κ3) is 3.75. The molecule has 3 nitrogen and oxygen atoms in total. The first-order chi connectivity index (χ1) is 9.52. The molecule has 2 aliphatic rings. The lowest BCUT2D eigenvalue weighted by atomic mass is 9.75. The number of hydrogen-bond donors (Lipinski definition) is 1. The number of nitrogens with one attached hydrogen (secondary N) is 1. The van der Waals surface area contributed by atoms with Gasteiger partial charge >= 0.3 is 0 Å². The van der Waals surface area contributed by atoms with Crippen LogP contribution < -0.4 is 5.32 Å². The van der Waals surface area contributed by atoms with E-state index in [9.17, 15) is 0 Å². The molecule has 0 radical (unpaired) electrons. The Morgan fingerprint density at radius 1 is 1.15 bits per heavy atom. The van der Waals surface area contributed by atoms with Crippen LogP contribution in [0, 0.1) is 11.8 Å². The van der Waals surface area contributed by atoms with Gasteiger partial charge in [0.2, 0.25) is 0 Å². The van der Waals surface area contributed by atoms with E-state index in [0.29, 0.717) is 6.04 Å². The molecule has 0 aromatic rings. The van der Waals surface area contributed by atoms with Crippen LogP contribution in [0.5, 0.6) is 0 Å². The van der Waals surface area contributed by atoms with Crippen molar-refractivity contribution in [1.82, 2.24) is 15.1 Å². The summed E-state index contributed by atoms with van der Waals surface area (Å²) in [5, 5.41) is 3.77. The molecule has 1 aliphatic carbocycles. The van der Waals surface area contributed by atoms with Crippen LogP contribution in [-0.2, 0) is 0 Å². The molecule has 2 rings (SSSR count). The van der Waals surface area contributed by atoms with Crippen molar-refractivity contribution in [2.75, 3.05) is 33.7 Å². The maximum atomic E-state index is 3.77. The van der Waals surface area contributed by atoms with Gasteiger partial charge in [-0.05, 0) is 71.2 Å². The molecule has 0 amide bonds. The van der Waals surface area contributed by atoms with E-state index in [1.165, 1.54) is 38.8 Å². The smallest absolute Gasteiger partial charge is 0.0275 e. The normalized spacial score (nSPS) is 37.5. The van der Waals surface area contributed by atoms with Crippen molar-refractivity contribution in [1.29, 1.82) is 0 Å². The van der Waals surface area contributed by atoms with Crippen LogP contribution in [-0.4, -0.2) is 61.7 Å². The van der Waals surface area contributed by atoms with Crippen molar-refractivity contribution >= 4 is 0 Å². The van der Waals surface area contributed by atoms with E-state index in [4.69, 9.17) is 0 Å². The summed E-state index contributed by atoms with van der Waals surface area (Å²) in [5.41, 5.74) is 0. The molecule has 0 spiro atoms. The Labute approximate surface area is 126 Å². The van der Waals surface area contributed by atoms with Crippen LogP contribution in [0.3, 0.4) is 0 Å². The van der Waals surface area contributed by atoms with E-state index in [-0.39, 0.29) is 0 Å². The first kappa shape index (κ1) is 16.3. The molecule has 1 aliphatic heterocycles. The molecule has 1 heterocycles. The van der Waals surface area contributed by atoms with Gasteiger partial charge in [-0.2, -0.15) is 0 Å².